The van der Waals surface area contributed by atoms with Gasteiger partial charge in [-0.05, 0) is 28.8 Å². The molecule has 0 saturated heterocycles. The minimum absolute atomic E-state index is 0.0220. The summed E-state index contributed by atoms with van der Waals surface area (Å²) in [5.74, 6) is -0.0726. The SMILES string of the molecule is CC(=O)Nc1ccc(CN[C@@H]2c3ccccc3C[C@H]2O)cc1. The Morgan fingerprint density at radius 2 is 1.91 bits per heavy atom. The van der Waals surface area contributed by atoms with Gasteiger partial charge in [-0.3, -0.25) is 4.79 Å². The third-order valence-corrected chi connectivity index (χ3v) is 4.00. The number of hydrogen-bond donors (Lipinski definition) is 3. The van der Waals surface area contributed by atoms with Crippen molar-refractivity contribution in [1.29, 1.82) is 0 Å². The number of carbonyl (C=O) groups excluding carboxylic acids is 1. The molecule has 3 N–H and O–H groups in total. The van der Waals surface area contributed by atoms with Crippen LogP contribution in [0.5, 0.6) is 0 Å². The summed E-state index contributed by atoms with van der Waals surface area (Å²) in [5, 5.41) is 16.4. The van der Waals surface area contributed by atoms with Gasteiger partial charge in [0.2, 0.25) is 5.91 Å². The Hall–Kier alpha value is -2.17. The monoisotopic (exact) mass is 296 g/mol. The average molecular weight is 296 g/mol. The molecule has 0 radical (unpaired) electrons. The normalized spacial score (nSPS) is 19.7. The summed E-state index contributed by atoms with van der Waals surface area (Å²) in [5.41, 5.74) is 4.31. The molecule has 0 spiro atoms. The molecular formula is C18H20N2O2. The molecule has 0 bridgehead atoms. The van der Waals surface area contributed by atoms with Crippen LogP contribution < -0.4 is 10.6 Å². The van der Waals surface area contributed by atoms with Crippen LogP contribution in [0.4, 0.5) is 5.69 Å². The second kappa shape index (κ2) is 6.30. The van der Waals surface area contributed by atoms with Gasteiger partial charge in [0.05, 0.1) is 12.1 Å². The fourth-order valence-electron chi connectivity index (χ4n) is 2.96. The number of carbonyl (C=O) groups is 1. The van der Waals surface area contributed by atoms with Crippen molar-refractivity contribution < 1.29 is 9.90 Å². The van der Waals surface area contributed by atoms with E-state index in [9.17, 15) is 9.90 Å². The predicted molar refractivity (Wildman–Crippen MR) is 86.5 cm³/mol. The van der Waals surface area contributed by atoms with E-state index in [1.54, 1.807) is 0 Å². The first-order valence-corrected chi connectivity index (χ1v) is 7.49. The lowest BCUT2D eigenvalue weighted by molar-refractivity contribution is -0.114. The van der Waals surface area contributed by atoms with Gasteiger partial charge in [-0.25, -0.2) is 0 Å². The van der Waals surface area contributed by atoms with E-state index in [4.69, 9.17) is 0 Å². The number of nitrogens with one attached hydrogen (secondary N) is 2. The third-order valence-electron chi connectivity index (χ3n) is 4.00. The highest BCUT2D eigenvalue weighted by atomic mass is 16.3. The molecule has 1 aliphatic rings. The smallest absolute Gasteiger partial charge is 0.221 e. The molecular weight excluding hydrogens is 276 g/mol. The molecule has 1 amide bonds. The van der Waals surface area contributed by atoms with Crippen molar-refractivity contribution >= 4 is 11.6 Å². The number of hydrogen-bond acceptors (Lipinski definition) is 3. The van der Waals surface area contributed by atoms with Gasteiger partial charge in [-0.2, -0.15) is 0 Å². The molecule has 22 heavy (non-hydrogen) atoms. The Kier molecular flexibility index (Phi) is 4.22. The van der Waals surface area contributed by atoms with Crippen molar-refractivity contribution in [2.45, 2.75) is 32.0 Å². The highest BCUT2D eigenvalue weighted by Gasteiger charge is 2.29. The number of fused-ring (bicyclic) bond motifs is 1. The van der Waals surface area contributed by atoms with Crippen molar-refractivity contribution in [2.24, 2.45) is 0 Å². The average Bonchev–Trinajstić information content (AvgIpc) is 2.81. The maximum Gasteiger partial charge on any atom is 0.221 e. The Morgan fingerprint density at radius 1 is 1.18 bits per heavy atom. The van der Waals surface area contributed by atoms with Gasteiger partial charge in [0.1, 0.15) is 0 Å². The molecule has 0 aliphatic heterocycles. The second-order valence-electron chi connectivity index (χ2n) is 5.71. The van der Waals surface area contributed by atoms with Crippen molar-refractivity contribution in [2.75, 3.05) is 5.32 Å². The Morgan fingerprint density at radius 3 is 2.64 bits per heavy atom. The molecule has 1 aliphatic carbocycles. The zero-order valence-corrected chi connectivity index (χ0v) is 12.5. The van der Waals surface area contributed by atoms with Crippen LogP contribution >= 0.6 is 0 Å². The largest absolute Gasteiger partial charge is 0.391 e. The number of rotatable bonds is 4. The zero-order valence-electron chi connectivity index (χ0n) is 12.5. The topological polar surface area (TPSA) is 61.4 Å². The van der Waals surface area contributed by atoms with Gasteiger partial charge in [0.15, 0.2) is 0 Å². The van der Waals surface area contributed by atoms with Crippen LogP contribution in [0.25, 0.3) is 0 Å². The summed E-state index contributed by atoms with van der Waals surface area (Å²) in [4.78, 5) is 11.0. The lowest BCUT2D eigenvalue weighted by Gasteiger charge is -2.18. The first kappa shape index (κ1) is 14.8. The summed E-state index contributed by atoms with van der Waals surface area (Å²) in [7, 11) is 0. The molecule has 0 fully saturated rings. The van der Waals surface area contributed by atoms with E-state index in [2.05, 4.69) is 22.8 Å². The lowest BCUT2D eigenvalue weighted by atomic mass is 10.1. The Balaban J connectivity index is 1.64. The van der Waals surface area contributed by atoms with Gasteiger partial charge >= 0.3 is 0 Å². The van der Waals surface area contributed by atoms with Crippen LogP contribution in [-0.2, 0) is 17.8 Å². The first-order chi connectivity index (χ1) is 10.6. The molecule has 2 aromatic rings. The zero-order chi connectivity index (χ0) is 15.5. The molecule has 4 heteroatoms. The van der Waals surface area contributed by atoms with Gasteiger partial charge in [-0.1, -0.05) is 36.4 Å². The standard InChI is InChI=1S/C18H20N2O2/c1-12(21)20-15-8-6-13(7-9-15)11-19-18-16-5-3-2-4-14(16)10-17(18)22/h2-9,17-19,22H,10-11H2,1H3,(H,20,21)/t17-,18-/m1/s1. The van der Waals surface area contributed by atoms with Crippen LogP contribution in [0.3, 0.4) is 0 Å². The quantitative estimate of drug-likeness (QED) is 0.812. The van der Waals surface area contributed by atoms with E-state index in [1.807, 2.05) is 36.4 Å². The summed E-state index contributed by atoms with van der Waals surface area (Å²) in [6.45, 7) is 2.17. The lowest BCUT2D eigenvalue weighted by Crippen LogP contribution is -2.28. The van der Waals surface area contributed by atoms with Gasteiger partial charge in [0.25, 0.3) is 0 Å². The molecule has 114 valence electrons. The molecule has 2 atom stereocenters. The third kappa shape index (κ3) is 3.18. The maximum atomic E-state index is 11.0. The van der Waals surface area contributed by atoms with Crippen LogP contribution in [0, 0.1) is 0 Å². The number of amides is 1. The van der Waals surface area contributed by atoms with E-state index in [0.717, 1.165) is 11.3 Å². The fraction of sp³-hybridized carbons (Fsp3) is 0.278. The van der Waals surface area contributed by atoms with Crippen LogP contribution in [-0.4, -0.2) is 17.1 Å². The second-order valence-corrected chi connectivity index (χ2v) is 5.71. The number of aliphatic hydroxyl groups excluding tert-OH is 1. The number of benzene rings is 2. The van der Waals surface area contributed by atoms with Gasteiger partial charge < -0.3 is 15.7 Å². The number of anilines is 1. The van der Waals surface area contributed by atoms with E-state index < -0.39 is 0 Å². The molecule has 2 aromatic carbocycles. The number of aliphatic hydroxyl groups is 1. The predicted octanol–water partition coefficient (Wildman–Crippen LogP) is 2.39. The van der Waals surface area contributed by atoms with E-state index in [0.29, 0.717) is 13.0 Å². The van der Waals surface area contributed by atoms with Crippen LogP contribution in [0.1, 0.15) is 29.7 Å². The van der Waals surface area contributed by atoms with Crippen LogP contribution in [0.2, 0.25) is 0 Å². The van der Waals surface area contributed by atoms with Gasteiger partial charge in [0, 0.05) is 25.6 Å². The fourth-order valence-corrected chi connectivity index (χ4v) is 2.96. The minimum atomic E-state index is -0.379. The minimum Gasteiger partial charge on any atom is -0.391 e. The van der Waals surface area contributed by atoms with Crippen molar-refractivity contribution in [3.8, 4) is 0 Å². The first-order valence-electron chi connectivity index (χ1n) is 7.49. The molecule has 0 unspecified atom stereocenters. The Labute approximate surface area is 130 Å². The molecule has 0 saturated carbocycles. The van der Waals surface area contributed by atoms with Crippen molar-refractivity contribution in [1.82, 2.24) is 5.32 Å². The van der Waals surface area contributed by atoms with Gasteiger partial charge in [-0.15, -0.1) is 0 Å². The summed E-state index contributed by atoms with van der Waals surface area (Å²) < 4.78 is 0. The molecule has 0 aromatic heterocycles. The Bertz CT molecular complexity index is 667. The summed E-state index contributed by atoms with van der Waals surface area (Å²) in [6, 6.07) is 15.9. The highest BCUT2D eigenvalue weighted by molar-refractivity contribution is 5.88. The van der Waals surface area contributed by atoms with E-state index in [-0.39, 0.29) is 18.1 Å². The molecule has 4 nitrogen and oxygen atoms in total. The molecule has 3 rings (SSSR count). The van der Waals surface area contributed by atoms with E-state index in [1.165, 1.54) is 18.1 Å². The summed E-state index contributed by atoms with van der Waals surface area (Å²) in [6.07, 6.45) is 0.325. The van der Waals surface area contributed by atoms with Crippen molar-refractivity contribution in [3.63, 3.8) is 0 Å². The highest BCUT2D eigenvalue weighted by Crippen LogP contribution is 2.31. The van der Waals surface area contributed by atoms with Crippen molar-refractivity contribution in [3.05, 3.63) is 65.2 Å². The maximum absolute atomic E-state index is 11.0. The van der Waals surface area contributed by atoms with E-state index >= 15 is 0 Å². The van der Waals surface area contributed by atoms with Crippen LogP contribution in [0.15, 0.2) is 48.5 Å². The summed E-state index contributed by atoms with van der Waals surface area (Å²) >= 11 is 0. The molecule has 0 heterocycles.